The topological polar surface area (TPSA) is 51.8 Å². The third-order valence-corrected chi connectivity index (χ3v) is 4.15. The molecule has 0 saturated heterocycles. The number of nitrogens with two attached hydrogens (primary N) is 1. The number of aryl methyl sites for hydroxylation is 2. The summed E-state index contributed by atoms with van der Waals surface area (Å²) in [5.74, 6) is 0. The Balaban J connectivity index is 2.14. The van der Waals surface area contributed by atoms with Gasteiger partial charge in [-0.2, -0.15) is 0 Å². The molecule has 0 radical (unpaired) electrons. The third kappa shape index (κ3) is 3.12. The van der Waals surface area contributed by atoms with E-state index < -0.39 is 0 Å². The largest absolute Gasteiger partial charge is 0.324 e. The van der Waals surface area contributed by atoms with Crippen molar-refractivity contribution in [3.05, 3.63) is 44.1 Å². The first-order chi connectivity index (χ1) is 8.06. The third-order valence-electron chi connectivity index (χ3n) is 2.62. The normalized spacial score (nSPS) is 12.7. The Morgan fingerprint density at radius 1 is 1.41 bits per heavy atom. The molecule has 5 heteroatoms. The van der Waals surface area contributed by atoms with Crippen molar-refractivity contribution in [2.24, 2.45) is 5.73 Å². The van der Waals surface area contributed by atoms with Gasteiger partial charge < -0.3 is 5.73 Å². The molecule has 90 valence electrons. The predicted octanol–water partition coefficient (Wildman–Crippen LogP) is 3.16. The van der Waals surface area contributed by atoms with Gasteiger partial charge in [-0.1, -0.05) is 0 Å². The first-order valence-corrected chi connectivity index (χ1v) is 6.96. The minimum atomic E-state index is -0.0510. The first kappa shape index (κ1) is 12.7. The fourth-order valence-electron chi connectivity index (χ4n) is 1.56. The Kier molecular flexibility index (Phi) is 3.91. The summed E-state index contributed by atoms with van der Waals surface area (Å²) in [6.45, 7) is 4.12. The van der Waals surface area contributed by atoms with Gasteiger partial charge in [0.05, 0.1) is 10.7 Å². The van der Waals surface area contributed by atoms with E-state index in [4.69, 9.17) is 5.73 Å². The summed E-state index contributed by atoms with van der Waals surface area (Å²) in [5.41, 5.74) is 8.29. The van der Waals surface area contributed by atoms with Gasteiger partial charge in [0.15, 0.2) is 0 Å². The van der Waals surface area contributed by atoms with Crippen LogP contribution in [0.15, 0.2) is 22.9 Å². The first-order valence-electron chi connectivity index (χ1n) is 5.35. The molecule has 0 fully saturated rings. The molecule has 0 aliphatic heterocycles. The molecule has 1 unspecified atom stereocenters. The summed E-state index contributed by atoms with van der Waals surface area (Å²) in [7, 11) is 0. The number of halogens is 1. The van der Waals surface area contributed by atoms with Gasteiger partial charge in [0, 0.05) is 34.2 Å². The zero-order valence-electron chi connectivity index (χ0n) is 9.77. The second-order valence-corrected chi connectivity index (χ2v) is 6.20. The minimum Gasteiger partial charge on any atom is -0.324 e. The van der Waals surface area contributed by atoms with Crippen molar-refractivity contribution in [3.63, 3.8) is 0 Å². The Labute approximate surface area is 113 Å². The Morgan fingerprint density at radius 2 is 2.18 bits per heavy atom. The fraction of sp³-hybridized carbons (Fsp3) is 0.333. The van der Waals surface area contributed by atoms with Crippen LogP contribution in [0.3, 0.4) is 0 Å². The molecular weight excluding hydrogens is 298 g/mol. The van der Waals surface area contributed by atoms with Crippen LogP contribution in [0.4, 0.5) is 0 Å². The Bertz CT molecular complexity index is 505. The van der Waals surface area contributed by atoms with Crippen molar-refractivity contribution in [1.82, 2.24) is 9.97 Å². The molecule has 2 rings (SSSR count). The summed E-state index contributed by atoms with van der Waals surface area (Å²) < 4.78 is 0.956. The van der Waals surface area contributed by atoms with Gasteiger partial charge in [-0.25, -0.2) is 4.98 Å². The molecule has 0 amide bonds. The van der Waals surface area contributed by atoms with Crippen LogP contribution in [0.2, 0.25) is 0 Å². The summed E-state index contributed by atoms with van der Waals surface area (Å²) in [4.78, 5) is 9.89. The number of hydrogen-bond acceptors (Lipinski definition) is 4. The van der Waals surface area contributed by atoms with Crippen LogP contribution in [0, 0.1) is 13.8 Å². The maximum atomic E-state index is 6.16. The summed E-state index contributed by atoms with van der Waals surface area (Å²) in [6, 6.07) is 1.95. The maximum Gasteiger partial charge on any atom is 0.0949 e. The quantitative estimate of drug-likeness (QED) is 0.947. The molecule has 2 heterocycles. The van der Waals surface area contributed by atoms with Gasteiger partial charge in [0.25, 0.3) is 0 Å². The number of pyridine rings is 1. The lowest BCUT2D eigenvalue weighted by atomic mass is 10.1. The van der Waals surface area contributed by atoms with Crippen molar-refractivity contribution in [2.45, 2.75) is 26.3 Å². The van der Waals surface area contributed by atoms with Gasteiger partial charge in [-0.3, -0.25) is 4.98 Å². The zero-order chi connectivity index (χ0) is 12.4. The van der Waals surface area contributed by atoms with E-state index in [1.165, 1.54) is 4.88 Å². The summed E-state index contributed by atoms with van der Waals surface area (Å²) in [6.07, 6.45) is 4.33. The van der Waals surface area contributed by atoms with Gasteiger partial charge in [-0.05, 0) is 41.4 Å². The number of rotatable bonds is 3. The van der Waals surface area contributed by atoms with Gasteiger partial charge in [0.1, 0.15) is 0 Å². The molecule has 17 heavy (non-hydrogen) atoms. The highest BCUT2D eigenvalue weighted by Gasteiger charge is 2.11. The molecule has 0 spiro atoms. The van der Waals surface area contributed by atoms with Crippen LogP contribution >= 0.6 is 27.3 Å². The van der Waals surface area contributed by atoms with Crippen LogP contribution in [0.25, 0.3) is 0 Å². The minimum absolute atomic E-state index is 0.0510. The van der Waals surface area contributed by atoms with Gasteiger partial charge in [-0.15, -0.1) is 11.3 Å². The number of thiazole rings is 1. The van der Waals surface area contributed by atoms with E-state index in [1.54, 1.807) is 17.5 Å². The Hall–Kier alpha value is -0.780. The summed E-state index contributed by atoms with van der Waals surface area (Å²) >= 11 is 5.12. The van der Waals surface area contributed by atoms with E-state index in [2.05, 4.69) is 32.8 Å². The number of nitrogens with zero attached hydrogens (tertiary/aromatic N) is 2. The second-order valence-electron chi connectivity index (χ2n) is 4.00. The number of aromatic nitrogens is 2. The van der Waals surface area contributed by atoms with Crippen LogP contribution in [-0.4, -0.2) is 9.97 Å². The highest BCUT2D eigenvalue weighted by atomic mass is 79.9. The highest BCUT2D eigenvalue weighted by molar-refractivity contribution is 9.10. The maximum absolute atomic E-state index is 6.16. The monoisotopic (exact) mass is 311 g/mol. The lowest BCUT2D eigenvalue weighted by Gasteiger charge is -2.09. The van der Waals surface area contributed by atoms with E-state index in [9.17, 15) is 0 Å². The molecule has 2 aromatic heterocycles. The zero-order valence-corrected chi connectivity index (χ0v) is 12.2. The molecule has 2 N–H and O–H groups in total. The standard InChI is InChI=1S/C12H14BrN3S/c1-7-8(2)17-12(16-7)4-11(14)9-3-10(13)6-15-5-9/h3,5-6,11H,4,14H2,1-2H3. The van der Waals surface area contributed by atoms with E-state index >= 15 is 0 Å². The van der Waals surface area contributed by atoms with Crippen LogP contribution in [0.1, 0.15) is 27.2 Å². The van der Waals surface area contributed by atoms with E-state index in [0.717, 1.165) is 27.2 Å². The van der Waals surface area contributed by atoms with Crippen LogP contribution in [-0.2, 0) is 6.42 Å². The molecule has 0 aliphatic carbocycles. The number of hydrogen-bond donors (Lipinski definition) is 1. The van der Waals surface area contributed by atoms with Crippen molar-refractivity contribution >= 4 is 27.3 Å². The molecule has 0 bridgehead atoms. The van der Waals surface area contributed by atoms with E-state index in [-0.39, 0.29) is 6.04 Å². The fourth-order valence-corrected chi connectivity index (χ4v) is 2.94. The Morgan fingerprint density at radius 3 is 2.76 bits per heavy atom. The molecule has 1 atom stereocenters. The van der Waals surface area contributed by atoms with Gasteiger partial charge in [0.2, 0.25) is 0 Å². The molecule has 3 nitrogen and oxygen atoms in total. The van der Waals surface area contributed by atoms with E-state index in [1.807, 2.05) is 19.2 Å². The summed E-state index contributed by atoms with van der Waals surface area (Å²) in [5, 5.41) is 1.09. The SMILES string of the molecule is Cc1nc(CC(N)c2cncc(Br)c2)sc1C. The van der Waals surface area contributed by atoms with E-state index in [0.29, 0.717) is 0 Å². The average molecular weight is 312 g/mol. The predicted molar refractivity (Wildman–Crippen MR) is 74.2 cm³/mol. The van der Waals surface area contributed by atoms with Crippen LogP contribution in [0.5, 0.6) is 0 Å². The van der Waals surface area contributed by atoms with Gasteiger partial charge >= 0.3 is 0 Å². The van der Waals surface area contributed by atoms with Crippen molar-refractivity contribution < 1.29 is 0 Å². The highest BCUT2D eigenvalue weighted by Crippen LogP contribution is 2.23. The molecule has 0 saturated carbocycles. The lowest BCUT2D eigenvalue weighted by Crippen LogP contribution is -2.13. The smallest absolute Gasteiger partial charge is 0.0949 e. The van der Waals surface area contributed by atoms with Crippen molar-refractivity contribution in [2.75, 3.05) is 0 Å². The molecular formula is C12H14BrN3S. The van der Waals surface area contributed by atoms with Crippen molar-refractivity contribution in [3.8, 4) is 0 Å². The van der Waals surface area contributed by atoms with Crippen molar-refractivity contribution in [1.29, 1.82) is 0 Å². The molecule has 2 aromatic rings. The lowest BCUT2D eigenvalue weighted by molar-refractivity contribution is 0.712. The molecule has 0 aliphatic rings. The van der Waals surface area contributed by atoms with Crippen LogP contribution < -0.4 is 5.73 Å². The molecule has 0 aromatic carbocycles. The second kappa shape index (κ2) is 5.25. The average Bonchev–Trinajstić information content (AvgIpc) is 2.58.